The number of hydrogen-bond donors (Lipinski definition) is 1. The van der Waals surface area contributed by atoms with Crippen molar-refractivity contribution in [3.05, 3.63) is 75.3 Å². The number of furan rings is 1. The first-order valence-electron chi connectivity index (χ1n) is 9.53. The second kappa shape index (κ2) is 7.04. The molecule has 142 valence electrons. The fraction of sp³-hybridized carbons (Fsp3) is 0.273. The van der Waals surface area contributed by atoms with Gasteiger partial charge in [0.25, 0.3) is 5.56 Å². The molecule has 3 heterocycles. The van der Waals surface area contributed by atoms with Gasteiger partial charge in [-0.3, -0.25) is 9.69 Å². The summed E-state index contributed by atoms with van der Waals surface area (Å²) in [5, 5.41) is 2.55. The van der Waals surface area contributed by atoms with Crippen molar-refractivity contribution in [2.24, 2.45) is 0 Å². The van der Waals surface area contributed by atoms with Gasteiger partial charge in [-0.2, -0.15) is 0 Å². The summed E-state index contributed by atoms with van der Waals surface area (Å²) in [6.07, 6.45) is 5.08. The summed E-state index contributed by atoms with van der Waals surface area (Å²) >= 11 is 1.48. The lowest BCUT2D eigenvalue weighted by molar-refractivity contribution is 0.208. The molecular formula is C22H21N3O2S. The first-order valence-corrected chi connectivity index (χ1v) is 10.4. The van der Waals surface area contributed by atoms with Crippen molar-refractivity contribution >= 4 is 21.6 Å². The molecule has 1 aromatic carbocycles. The van der Waals surface area contributed by atoms with Crippen LogP contribution in [0.4, 0.5) is 0 Å². The molecule has 0 fully saturated rings. The third kappa shape index (κ3) is 2.99. The minimum absolute atomic E-state index is 0.106. The van der Waals surface area contributed by atoms with Crippen molar-refractivity contribution in [2.45, 2.75) is 31.8 Å². The van der Waals surface area contributed by atoms with Crippen molar-refractivity contribution in [3.63, 3.8) is 0 Å². The Morgan fingerprint density at radius 1 is 1.29 bits per heavy atom. The Balaban J connectivity index is 1.46. The van der Waals surface area contributed by atoms with Crippen LogP contribution in [-0.4, -0.2) is 21.9 Å². The number of aromatic nitrogens is 2. The van der Waals surface area contributed by atoms with Crippen molar-refractivity contribution in [1.82, 2.24) is 14.9 Å². The summed E-state index contributed by atoms with van der Waals surface area (Å²) in [4.78, 5) is 23.6. The predicted octanol–water partition coefficient (Wildman–Crippen LogP) is 4.75. The van der Waals surface area contributed by atoms with E-state index in [1.165, 1.54) is 28.9 Å². The van der Waals surface area contributed by atoms with Gasteiger partial charge in [-0.05, 0) is 49.6 Å². The van der Waals surface area contributed by atoms with E-state index in [0.29, 0.717) is 29.6 Å². The van der Waals surface area contributed by atoms with Gasteiger partial charge in [0.15, 0.2) is 0 Å². The monoisotopic (exact) mass is 391 g/mol. The highest BCUT2D eigenvalue weighted by molar-refractivity contribution is 7.17. The molecule has 1 aliphatic carbocycles. The molecule has 0 unspecified atom stereocenters. The lowest BCUT2D eigenvalue weighted by atomic mass is 9.87. The Labute approximate surface area is 166 Å². The Morgan fingerprint density at radius 2 is 2.18 bits per heavy atom. The zero-order chi connectivity index (χ0) is 19.1. The van der Waals surface area contributed by atoms with E-state index in [2.05, 4.69) is 41.2 Å². The number of hydrogen-bond acceptors (Lipinski definition) is 5. The number of fused-ring (bicyclic) bond motifs is 2. The van der Waals surface area contributed by atoms with Gasteiger partial charge in [-0.15, -0.1) is 11.3 Å². The molecule has 3 aromatic heterocycles. The highest BCUT2D eigenvalue weighted by atomic mass is 32.1. The fourth-order valence-corrected chi connectivity index (χ4v) is 5.16. The summed E-state index contributed by atoms with van der Waals surface area (Å²) in [6, 6.07) is 12.7. The highest BCUT2D eigenvalue weighted by Gasteiger charge is 2.24. The first kappa shape index (κ1) is 17.4. The molecule has 0 bridgehead atoms. The number of H-pyrrole nitrogens is 1. The van der Waals surface area contributed by atoms with Gasteiger partial charge in [0.1, 0.15) is 16.4 Å². The third-order valence-electron chi connectivity index (χ3n) is 5.55. The van der Waals surface area contributed by atoms with E-state index in [4.69, 9.17) is 9.40 Å². The topological polar surface area (TPSA) is 62.1 Å². The van der Waals surface area contributed by atoms with E-state index >= 15 is 0 Å². The van der Waals surface area contributed by atoms with Crippen molar-refractivity contribution < 1.29 is 4.42 Å². The number of aryl methyl sites for hydroxylation is 1. The molecule has 5 nitrogen and oxygen atoms in total. The van der Waals surface area contributed by atoms with Gasteiger partial charge in [0.2, 0.25) is 0 Å². The number of aromatic amines is 1. The molecule has 0 radical (unpaired) electrons. The highest BCUT2D eigenvalue weighted by Crippen LogP contribution is 2.34. The quantitative estimate of drug-likeness (QED) is 0.545. The maximum atomic E-state index is 12.8. The van der Waals surface area contributed by atoms with Crippen LogP contribution in [0.1, 0.15) is 35.8 Å². The Hall–Kier alpha value is -2.70. The van der Waals surface area contributed by atoms with Gasteiger partial charge in [0, 0.05) is 17.0 Å². The van der Waals surface area contributed by atoms with Crippen LogP contribution in [0.3, 0.4) is 0 Å². The molecule has 28 heavy (non-hydrogen) atoms. The Morgan fingerprint density at radius 3 is 3.04 bits per heavy atom. The Bertz CT molecular complexity index is 1180. The molecule has 1 aliphatic rings. The van der Waals surface area contributed by atoms with E-state index < -0.39 is 0 Å². The molecular weight excluding hydrogens is 370 g/mol. The summed E-state index contributed by atoms with van der Waals surface area (Å²) in [5.41, 5.74) is 3.53. The number of rotatable bonds is 4. The van der Waals surface area contributed by atoms with Crippen molar-refractivity contribution in [2.75, 3.05) is 7.05 Å². The SMILES string of the molecule is CN(Cc1nc2scc(-c3ccco3)c2c(=O)[nH]1)[C@@H]1CCCc2ccccc21. The lowest BCUT2D eigenvalue weighted by Crippen LogP contribution is -2.29. The summed E-state index contributed by atoms with van der Waals surface area (Å²) in [7, 11) is 2.11. The third-order valence-corrected chi connectivity index (χ3v) is 6.42. The molecule has 0 amide bonds. The minimum Gasteiger partial charge on any atom is -0.464 e. The Kier molecular flexibility index (Phi) is 4.37. The standard InChI is InChI=1S/C22H21N3O2S/c1-25(17-9-4-7-14-6-2-3-8-15(14)17)12-19-23-21(26)20-16(13-28-22(20)24-19)18-10-5-11-27-18/h2-3,5-6,8,10-11,13,17H,4,7,9,12H2,1H3,(H,23,24,26)/t17-/m1/s1. The second-order valence-electron chi connectivity index (χ2n) is 7.34. The fourth-order valence-electron chi connectivity index (χ4n) is 4.21. The summed E-state index contributed by atoms with van der Waals surface area (Å²) in [6.45, 7) is 0.609. The number of nitrogens with one attached hydrogen (secondary N) is 1. The minimum atomic E-state index is -0.106. The van der Waals surface area contributed by atoms with Gasteiger partial charge in [0.05, 0.1) is 18.2 Å². The molecule has 6 heteroatoms. The van der Waals surface area contributed by atoms with Crippen molar-refractivity contribution in [3.8, 4) is 11.3 Å². The normalized spacial score (nSPS) is 16.6. The summed E-state index contributed by atoms with van der Waals surface area (Å²) in [5.74, 6) is 1.40. The number of thiophene rings is 1. The van der Waals surface area contributed by atoms with E-state index in [1.807, 2.05) is 17.5 Å². The molecule has 0 saturated heterocycles. The van der Waals surface area contributed by atoms with Crippen LogP contribution in [0.15, 0.2) is 57.3 Å². The van der Waals surface area contributed by atoms with Crippen LogP contribution < -0.4 is 5.56 Å². The zero-order valence-corrected chi connectivity index (χ0v) is 16.5. The van der Waals surface area contributed by atoms with Crippen LogP contribution in [0.25, 0.3) is 21.5 Å². The molecule has 4 aromatic rings. The molecule has 0 saturated carbocycles. The molecule has 5 rings (SSSR count). The van der Waals surface area contributed by atoms with Gasteiger partial charge in [-0.1, -0.05) is 24.3 Å². The van der Waals surface area contributed by atoms with E-state index in [9.17, 15) is 4.79 Å². The lowest BCUT2D eigenvalue weighted by Gasteiger charge is -2.33. The smallest absolute Gasteiger partial charge is 0.260 e. The average molecular weight is 391 g/mol. The largest absolute Gasteiger partial charge is 0.464 e. The van der Waals surface area contributed by atoms with Crippen LogP contribution in [0.2, 0.25) is 0 Å². The van der Waals surface area contributed by atoms with Gasteiger partial charge >= 0.3 is 0 Å². The predicted molar refractivity (Wildman–Crippen MR) is 112 cm³/mol. The first-order chi connectivity index (χ1) is 13.7. The number of benzene rings is 1. The summed E-state index contributed by atoms with van der Waals surface area (Å²) < 4.78 is 5.47. The molecule has 0 spiro atoms. The molecule has 1 atom stereocenters. The van der Waals surface area contributed by atoms with E-state index in [0.717, 1.165) is 23.2 Å². The molecule has 1 N–H and O–H groups in total. The zero-order valence-electron chi connectivity index (χ0n) is 15.6. The maximum Gasteiger partial charge on any atom is 0.260 e. The van der Waals surface area contributed by atoms with Crippen LogP contribution in [0.5, 0.6) is 0 Å². The van der Waals surface area contributed by atoms with Gasteiger partial charge in [-0.25, -0.2) is 4.98 Å². The average Bonchev–Trinajstić information content (AvgIpc) is 3.37. The van der Waals surface area contributed by atoms with Crippen LogP contribution in [-0.2, 0) is 13.0 Å². The van der Waals surface area contributed by atoms with Crippen LogP contribution in [0, 0.1) is 0 Å². The second-order valence-corrected chi connectivity index (χ2v) is 8.20. The maximum absolute atomic E-state index is 12.8. The van der Waals surface area contributed by atoms with Gasteiger partial charge < -0.3 is 9.40 Å². The van der Waals surface area contributed by atoms with E-state index in [1.54, 1.807) is 6.26 Å². The molecule has 0 aliphatic heterocycles. The van der Waals surface area contributed by atoms with Crippen LogP contribution >= 0.6 is 11.3 Å². The van der Waals surface area contributed by atoms with Crippen molar-refractivity contribution in [1.29, 1.82) is 0 Å². The van der Waals surface area contributed by atoms with E-state index in [-0.39, 0.29) is 5.56 Å². The number of nitrogens with zero attached hydrogens (tertiary/aromatic N) is 2.